The summed E-state index contributed by atoms with van der Waals surface area (Å²) in [5, 5.41) is 0. The van der Waals surface area contributed by atoms with Gasteiger partial charge >= 0.3 is 0 Å². The highest BCUT2D eigenvalue weighted by molar-refractivity contribution is 7.16. The summed E-state index contributed by atoms with van der Waals surface area (Å²) in [4.78, 5) is 23.4. The molecule has 0 spiro atoms. The van der Waals surface area contributed by atoms with Crippen LogP contribution in [0.4, 0.5) is 0 Å². The number of amides is 1. The Morgan fingerprint density at radius 2 is 1.83 bits per heavy atom. The van der Waals surface area contributed by atoms with Crippen LogP contribution in [0.1, 0.15) is 26.5 Å². The SMILES string of the molecule is Cc1c(-c2ccccc2)sc2c1C(=O)N=C(c1ccccn1)C2. The van der Waals surface area contributed by atoms with E-state index in [0.717, 1.165) is 37.9 Å². The first-order chi connectivity index (χ1) is 11.2. The number of aromatic nitrogens is 1. The molecule has 0 fully saturated rings. The predicted molar refractivity (Wildman–Crippen MR) is 93.3 cm³/mol. The summed E-state index contributed by atoms with van der Waals surface area (Å²) in [6.45, 7) is 2.01. The number of benzene rings is 1. The van der Waals surface area contributed by atoms with Crippen molar-refractivity contribution in [2.24, 2.45) is 4.99 Å². The lowest BCUT2D eigenvalue weighted by atomic mass is 10.00. The van der Waals surface area contributed by atoms with Gasteiger partial charge in [-0.3, -0.25) is 9.78 Å². The smallest absolute Gasteiger partial charge is 0.267 e. The Morgan fingerprint density at radius 3 is 2.57 bits per heavy atom. The van der Waals surface area contributed by atoms with Gasteiger partial charge in [-0.25, -0.2) is 4.99 Å². The molecule has 3 nitrogen and oxygen atoms in total. The molecule has 0 radical (unpaired) electrons. The normalized spacial score (nSPS) is 13.6. The molecule has 4 heteroatoms. The number of hydrogen-bond acceptors (Lipinski definition) is 3. The highest BCUT2D eigenvalue weighted by Gasteiger charge is 2.27. The molecule has 1 aliphatic heterocycles. The van der Waals surface area contributed by atoms with Gasteiger partial charge < -0.3 is 0 Å². The highest BCUT2D eigenvalue weighted by atomic mass is 32.1. The van der Waals surface area contributed by atoms with Gasteiger partial charge in [-0.15, -0.1) is 11.3 Å². The average molecular weight is 318 g/mol. The molecule has 3 aromatic rings. The lowest BCUT2D eigenvalue weighted by molar-refractivity contribution is 0.100. The monoisotopic (exact) mass is 318 g/mol. The summed E-state index contributed by atoms with van der Waals surface area (Å²) in [7, 11) is 0. The molecule has 112 valence electrons. The van der Waals surface area contributed by atoms with Gasteiger partial charge in [-0.05, 0) is 30.2 Å². The zero-order chi connectivity index (χ0) is 15.8. The van der Waals surface area contributed by atoms with Crippen molar-refractivity contribution in [1.29, 1.82) is 0 Å². The number of pyridine rings is 1. The van der Waals surface area contributed by atoms with Crippen LogP contribution in [0.25, 0.3) is 10.4 Å². The number of thiophene rings is 1. The largest absolute Gasteiger partial charge is 0.278 e. The maximum atomic E-state index is 12.5. The Balaban J connectivity index is 1.79. The third-order valence-corrected chi connectivity index (χ3v) is 5.34. The lowest BCUT2D eigenvalue weighted by Gasteiger charge is -2.11. The molecule has 0 atom stereocenters. The molecule has 1 amide bonds. The standard InChI is InChI=1S/C19H14N2OS/c1-12-17-16(23-18(12)13-7-3-2-4-8-13)11-15(21-19(17)22)14-9-5-6-10-20-14/h2-10H,11H2,1H3. The summed E-state index contributed by atoms with van der Waals surface area (Å²) in [6.07, 6.45) is 2.39. The molecule has 0 aliphatic carbocycles. The second-order valence-electron chi connectivity index (χ2n) is 5.48. The van der Waals surface area contributed by atoms with Crippen LogP contribution in [-0.2, 0) is 6.42 Å². The van der Waals surface area contributed by atoms with Crippen LogP contribution < -0.4 is 0 Å². The van der Waals surface area contributed by atoms with Gasteiger partial charge in [-0.1, -0.05) is 36.4 Å². The van der Waals surface area contributed by atoms with Crippen molar-refractivity contribution in [3.8, 4) is 10.4 Å². The fourth-order valence-electron chi connectivity index (χ4n) is 2.89. The summed E-state index contributed by atoms with van der Waals surface area (Å²) < 4.78 is 0. The third-order valence-electron chi connectivity index (χ3n) is 3.99. The van der Waals surface area contributed by atoms with Gasteiger partial charge in [0.1, 0.15) is 0 Å². The number of fused-ring (bicyclic) bond motifs is 1. The van der Waals surface area contributed by atoms with Crippen LogP contribution in [-0.4, -0.2) is 16.6 Å². The number of rotatable bonds is 2. The first-order valence-electron chi connectivity index (χ1n) is 7.45. The molecular formula is C19H14N2OS. The molecule has 0 saturated carbocycles. The van der Waals surface area contributed by atoms with Crippen LogP contribution in [0.3, 0.4) is 0 Å². The average Bonchev–Trinajstić information content (AvgIpc) is 2.94. The van der Waals surface area contributed by atoms with E-state index in [0.29, 0.717) is 6.42 Å². The van der Waals surface area contributed by atoms with Crippen molar-refractivity contribution in [3.05, 3.63) is 76.4 Å². The molecule has 1 aliphatic rings. The Morgan fingerprint density at radius 1 is 1.04 bits per heavy atom. The maximum Gasteiger partial charge on any atom is 0.278 e. The molecule has 0 saturated heterocycles. The van der Waals surface area contributed by atoms with Crippen molar-refractivity contribution >= 4 is 23.0 Å². The van der Waals surface area contributed by atoms with Crippen LogP contribution in [0.15, 0.2) is 59.7 Å². The van der Waals surface area contributed by atoms with E-state index < -0.39 is 0 Å². The summed E-state index contributed by atoms with van der Waals surface area (Å²) in [5.41, 5.74) is 4.48. The quantitative estimate of drug-likeness (QED) is 0.707. The van der Waals surface area contributed by atoms with Gasteiger partial charge in [0.15, 0.2) is 0 Å². The van der Waals surface area contributed by atoms with E-state index in [1.165, 1.54) is 0 Å². The van der Waals surface area contributed by atoms with Gasteiger partial charge in [0.25, 0.3) is 5.91 Å². The Bertz CT molecular complexity index is 911. The third kappa shape index (κ3) is 2.41. The van der Waals surface area contributed by atoms with E-state index in [1.807, 2.05) is 43.3 Å². The van der Waals surface area contributed by atoms with Gasteiger partial charge in [-0.2, -0.15) is 0 Å². The Labute approximate surface area is 138 Å². The molecule has 0 bridgehead atoms. The maximum absolute atomic E-state index is 12.5. The molecule has 1 aromatic carbocycles. The highest BCUT2D eigenvalue weighted by Crippen LogP contribution is 2.38. The van der Waals surface area contributed by atoms with Gasteiger partial charge in [0.05, 0.1) is 17.0 Å². The lowest BCUT2D eigenvalue weighted by Crippen LogP contribution is -2.17. The molecule has 2 aromatic heterocycles. The van der Waals surface area contributed by atoms with E-state index in [2.05, 4.69) is 22.1 Å². The number of carbonyl (C=O) groups is 1. The molecule has 4 rings (SSSR count). The number of carbonyl (C=O) groups excluding carboxylic acids is 1. The van der Waals surface area contributed by atoms with Crippen molar-refractivity contribution in [3.63, 3.8) is 0 Å². The molecular weight excluding hydrogens is 304 g/mol. The van der Waals surface area contributed by atoms with E-state index in [-0.39, 0.29) is 5.91 Å². The van der Waals surface area contributed by atoms with Gasteiger partial charge in [0, 0.05) is 22.4 Å². The minimum absolute atomic E-state index is 0.150. The Kier molecular flexibility index (Phi) is 3.39. The zero-order valence-corrected chi connectivity index (χ0v) is 13.4. The summed E-state index contributed by atoms with van der Waals surface area (Å²) in [5.74, 6) is -0.150. The van der Waals surface area contributed by atoms with Crippen LogP contribution >= 0.6 is 11.3 Å². The summed E-state index contributed by atoms with van der Waals surface area (Å²) >= 11 is 1.69. The molecule has 3 heterocycles. The van der Waals surface area contributed by atoms with E-state index in [4.69, 9.17) is 0 Å². The molecule has 0 N–H and O–H groups in total. The molecule has 23 heavy (non-hydrogen) atoms. The van der Waals surface area contributed by atoms with E-state index in [9.17, 15) is 4.79 Å². The zero-order valence-electron chi connectivity index (χ0n) is 12.6. The van der Waals surface area contributed by atoms with Crippen molar-refractivity contribution < 1.29 is 4.79 Å². The first kappa shape index (κ1) is 14.0. The minimum Gasteiger partial charge on any atom is -0.267 e. The second-order valence-corrected chi connectivity index (χ2v) is 6.58. The Hall–Kier alpha value is -2.59. The summed E-state index contributed by atoms with van der Waals surface area (Å²) in [6, 6.07) is 15.9. The number of nitrogens with zero attached hydrogens (tertiary/aromatic N) is 2. The van der Waals surface area contributed by atoms with Gasteiger partial charge in [0.2, 0.25) is 0 Å². The van der Waals surface area contributed by atoms with Crippen molar-refractivity contribution in [2.75, 3.05) is 0 Å². The van der Waals surface area contributed by atoms with Crippen LogP contribution in [0, 0.1) is 6.92 Å². The fourth-order valence-corrected chi connectivity index (χ4v) is 4.20. The fraction of sp³-hybridized carbons (Fsp3) is 0.105. The molecule has 0 unspecified atom stereocenters. The van der Waals surface area contributed by atoms with Crippen molar-refractivity contribution in [2.45, 2.75) is 13.3 Å². The minimum atomic E-state index is -0.150. The predicted octanol–water partition coefficient (Wildman–Crippen LogP) is 4.30. The number of hydrogen-bond donors (Lipinski definition) is 0. The van der Waals surface area contributed by atoms with Crippen LogP contribution in [0.5, 0.6) is 0 Å². The number of aliphatic imine (C=N–C) groups is 1. The topological polar surface area (TPSA) is 42.3 Å². The first-order valence-corrected chi connectivity index (χ1v) is 8.26. The van der Waals surface area contributed by atoms with Crippen LogP contribution in [0.2, 0.25) is 0 Å². The van der Waals surface area contributed by atoms with E-state index >= 15 is 0 Å². The van der Waals surface area contributed by atoms with E-state index in [1.54, 1.807) is 17.5 Å². The second kappa shape index (κ2) is 5.56. The van der Waals surface area contributed by atoms with Crippen molar-refractivity contribution in [1.82, 2.24) is 4.98 Å².